The summed E-state index contributed by atoms with van der Waals surface area (Å²) in [5, 5.41) is 14.9. The number of piperidine rings is 1. The first kappa shape index (κ1) is 20.7. The molecule has 1 saturated carbocycles. The van der Waals surface area contributed by atoms with Crippen LogP contribution in [0.3, 0.4) is 0 Å². The van der Waals surface area contributed by atoms with E-state index in [9.17, 15) is 14.4 Å². The van der Waals surface area contributed by atoms with Crippen LogP contribution in [0.4, 0.5) is 0 Å². The maximum Gasteiger partial charge on any atom is 0.320 e. The molecule has 2 amide bonds. The van der Waals surface area contributed by atoms with E-state index in [0.29, 0.717) is 25.4 Å². The normalized spacial score (nSPS) is 20.6. The average Bonchev–Trinajstić information content (AvgIpc) is 2.65. The fourth-order valence-electron chi connectivity index (χ4n) is 3.95. The van der Waals surface area contributed by atoms with E-state index in [2.05, 4.69) is 10.6 Å². The molecule has 7 nitrogen and oxygen atoms in total. The Kier molecular flexibility index (Phi) is 8.35. The molecule has 1 aliphatic heterocycles. The van der Waals surface area contributed by atoms with Gasteiger partial charge in [-0.3, -0.25) is 19.7 Å². The molecule has 0 aromatic rings. The SMILES string of the molecule is CCCC(NCC(=O)NC1CCN(C(=O)C2CCCCC2)CC1)C(=O)O. The van der Waals surface area contributed by atoms with E-state index in [4.69, 9.17) is 5.11 Å². The van der Waals surface area contributed by atoms with Gasteiger partial charge in [0.05, 0.1) is 6.54 Å². The zero-order valence-corrected chi connectivity index (χ0v) is 15.8. The summed E-state index contributed by atoms with van der Waals surface area (Å²) in [5.41, 5.74) is 0. The number of aliphatic carboxylic acids is 1. The molecular formula is C19H33N3O4. The number of carbonyl (C=O) groups is 3. The predicted molar refractivity (Wildman–Crippen MR) is 98.7 cm³/mol. The molecule has 0 aromatic heterocycles. The molecular weight excluding hydrogens is 334 g/mol. The van der Waals surface area contributed by atoms with Gasteiger partial charge in [-0.05, 0) is 32.1 Å². The molecule has 26 heavy (non-hydrogen) atoms. The zero-order valence-electron chi connectivity index (χ0n) is 15.8. The molecule has 3 N–H and O–H groups in total. The van der Waals surface area contributed by atoms with E-state index in [0.717, 1.165) is 44.9 Å². The highest BCUT2D eigenvalue weighted by Gasteiger charge is 2.29. The van der Waals surface area contributed by atoms with Crippen molar-refractivity contribution < 1.29 is 19.5 Å². The Bertz CT molecular complexity index is 483. The van der Waals surface area contributed by atoms with Crippen molar-refractivity contribution in [3.8, 4) is 0 Å². The smallest absolute Gasteiger partial charge is 0.320 e. The first-order valence-corrected chi connectivity index (χ1v) is 10.1. The molecule has 1 heterocycles. The Morgan fingerprint density at radius 3 is 2.31 bits per heavy atom. The van der Waals surface area contributed by atoms with Gasteiger partial charge in [0.15, 0.2) is 0 Å². The van der Waals surface area contributed by atoms with Crippen LogP contribution in [0.15, 0.2) is 0 Å². The number of nitrogens with one attached hydrogen (secondary N) is 2. The highest BCUT2D eigenvalue weighted by molar-refractivity contribution is 5.80. The van der Waals surface area contributed by atoms with Crippen LogP contribution in [0.25, 0.3) is 0 Å². The molecule has 0 aromatic carbocycles. The van der Waals surface area contributed by atoms with E-state index in [1.165, 1.54) is 6.42 Å². The molecule has 2 fully saturated rings. The molecule has 0 radical (unpaired) electrons. The molecule has 1 unspecified atom stereocenters. The summed E-state index contributed by atoms with van der Waals surface area (Å²) in [6.45, 7) is 3.32. The lowest BCUT2D eigenvalue weighted by Crippen LogP contribution is -2.50. The lowest BCUT2D eigenvalue weighted by Gasteiger charge is -2.35. The Labute approximate surface area is 155 Å². The van der Waals surface area contributed by atoms with Crippen molar-refractivity contribution in [1.29, 1.82) is 0 Å². The summed E-state index contributed by atoms with van der Waals surface area (Å²) < 4.78 is 0. The van der Waals surface area contributed by atoms with Crippen LogP contribution in [0.5, 0.6) is 0 Å². The van der Waals surface area contributed by atoms with Crippen molar-refractivity contribution in [3.63, 3.8) is 0 Å². The van der Waals surface area contributed by atoms with Crippen molar-refractivity contribution in [2.24, 2.45) is 5.92 Å². The average molecular weight is 367 g/mol. The van der Waals surface area contributed by atoms with Crippen molar-refractivity contribution in [1.82, 2.24) is 15.5 Å². The van der Waals surface area contributed by atoms with Crippen molar-refractivity contribution >= 4 is 17.8 Å². The fraction of sp³-hybridized carbons (Fsp3) is 0.842. The molecule has 0 bridgehead atoms. The second-order valence-corrected chi connectivity index (χ2v) is 7.56. The Morgan fingerprint density at radius 1 is 1.08 bits per heavy atom. The molecule has 148 valence electrons. The third-order valence-corrected chi connectivity index (χ3v) is 5.51. The number of carboxylic acids is 1. The van der Waals surface area contributed by atoms with E-state index in [1.54, 1.807) is 0 Å². The van der Waals surface area contributed by atoms with Crippen LogP contribution in [-0.2, 0) is 14.4 Å². The van der Waals surface area contributed by atoms with Gasteiger partial charge < -0.3 is 15.3 Å². The van der Waals surface area contributed by atoms with E-state index in [-0.39, 0.29) is 24.4 Å². The molecule has 7 heteroatoms. The van der Waals surface area contributed by atoms with Gasteiger partial charge in [-0.15, -0.1) is 0 Å². The molecule has 1 atom stereocenters. The summed E-state index contributed by atoms with van der Waals surface area (Å²) in [7, 11) is 0. The number of hydrogen-bond donors (Lipinski definition) is 3. The van der Waals surface area contributed by atoms with Gasteiger partial charge in [0.25, 0.3) is 0 Å². The third-order valence-electron chi connectivity index (χ3n) is 5.51. The minimum atomic E-state index is -0.922. The van der Waals surface area contributed by atoms with Crippen molar-refractivity contribution in [3.05, 3.63) is 0 Å². The van der Waals surface area contributed by atoms with Crippen LogP contribution >= 0.6 is 0 Å². The van der Waals surface area contributed by atoms with E-state index in [1.807, 2.05) is 11.8 Å². The topological polar surface area (TPSA) is 98.7 Å². The van der Waals surface area contributed by atoms with Crippen molar-refractivity contribution in [2.45, 2.75) is 76.8 Å². The third kappa shape index (κ3) is 6.27. The van der Waals surface area contributed by atoms with Gasteiger partial charge in [0.2, 0.25) is 11.8 Å². The maximum absolute atomic E-state index is 12.6. The Balaban J connectivity index is 1.68. The Hall–Kier alpha value is -1.63. The second-order valence-electron chi connectivity index (χ2n) is 7.56. The van der Waals surface area contributed by atoms with Crippen LogP contribution in [0.2, 0.25) is 0 Å². The monoisotopic (exact) mass is 367 g/mol. The van der Waals surface area contributed by atoms with Gasteiger partial charge >= 0.3 is 5.97 Å². The zero-order chi connectivity index (χ0) is 18.9. The minimum absolute atomic E-state index is 0.0121. The van der Waals surface area contributed by atoms with Crippen LogP contribution < -0.4 is 10.6 Å². The minimum Gasteiger partial charge on any atom is -0.480 e. The summed E-state index contributed by atoms with van der Waals surface area (Å²) in [4.78, 5) is 37.7. The number of carbonyl (C=O) groups excluding carboxylic acids is 2. The van der Waals surface area contributed by atoms with E-state index < -0.39 is 12.0 Å². The molecule has 1 aliphatic carbocycles. The summed E-state index contributed by atoms with van der Waals surface area (Å²) in [6.07, 6.45) is 8.38. The largest absolute Gasteiger partial charge is 0.480 e. The molecule has 2 rings (SSSR count). The highest BCUT2D eigenvalue weighted by atomic mass is 16.4. The summed E-state index contributed by atoms with van der Waals surface area (Å²) in [5.74, 6) is -0.607. The fourth-order valence-corrected chi connectivity index (χ4v) is 3.95. The molecule has 0 spiro atoms. The first-order valence-electron chi connectivity index (χ1n) is 10.1. The number of hydrogen-bond acceptors (Lipinski definition) is 4. The Morgan fingerprint density at radius 2 is 1.73 bits per heavy atom. The standard InChI is InChI=1S/C19H33N3O4/c1-2-6-16(19(25)26)20-13-17(23)21-15-9-11-22(12-10-15)18(24)14-7-4-3-5-8-14/h14-16,20H,2-13H2,1H3,(H,21,23)(H,25,26). The van der Waals surface area contributed by atoms with E-state index >= 15 is 0 Å². The van der Waals surface area contributed by atoms with Gasteiger partial charge in [-0.1, -0.05) is 32.6 Å². The number of carboxylic acid groups (broad SMARTS) is 1. The highest BCUT2D eigenvalue weighted by Crippen LogP contribution is 2.26. The summed E-state index contributed by atoms with van der Waals surface area (Å²) in [6, 6.07) is -0.616. The molecule has 1 saturated heterocycles. The van der Waals surface area contributed by atoms with Crippen LogP contribution in [0.1, 0.15) is 64.7 Å². The molecule has 2 aliphatic rings. The second kappa shape index (κ2) is 10.5. The lowest BCUT2D eigenvalue weighted by molar-refractivity contribution is -0.140. The number of rotatable bonds is 8. The number of nitrogens with zero attached hydrogens (tertiary/aromatic N) is 1. The lowest BCUT2D eigenvalue weighted by atomic mass is 9.87. The quantitative estimate of drug-likeness (QED) is 0.604. The van der Waals surface area contributed by atoms with Gasteiger partial charge in [-0.25, -0.2) is 0 Å². The maximum atomic E-state index is 12.6. The van der Waals surface area contributed by atoms with Crippen molar-refractivity contribution in [2.75, 3.05) is 19.6 Å². The van der Waals surface area contributed by atoms with Gasteiger partial charge in [0.1, 0.15) is 6.04 Å². The predicted octanol–water partition coefficient (Wildman–Crippen LogP) is 1.52. The number of amides is 2. The van der Waals surface area contributed by atoms with Crippen LogP contribution in [0, 0.1) is 5.92 Å². The first-order chi connectivity index (χ1) is 12.5. The van der Waals surface area contributed by atoms with Gasteiger partial charge in [-0.2, -0.15) is 0 Å². The van der Waals surface area contributed by atoms with Crippen LogP contribution in [-0.4, -0.2) is 59.5 Å². The summed E-state index contributed by atoms with van der Waals surface area (Å²) >= 11 is 0. The van der Waals surface area contributed by atoms with Gasteiger partial charge in [0, 0.05) is 25.0 Å². The number of likely N-dealkylation sites (tertiary alicyclic amines) is 1.